The van der Waals surface area contributed by atoms with Crippen molar-refractivity contribution >= 4 is 22.9 Å². The third-order valence-electron chi connectivity index (χ3n) is 5.35. The number of aryl methyl sites for hydroxylation is 1. The first-order chi connectivity index (χ1) is 14.5. The van der Waals surface area contributed by atoms with Crippen molar-refractivity contribution in [1.29, 1.82) is 0 Å². The van der Waals surface area contributed by atoms with Gasteiger partial charge in [-0.2, -0.15) is 0 Å². The van der Waals surface area contributed by atoms with E-state index in [4.69, 9.17) is 4.42 Å². The fourth-order valence-electron chi connectivity index (χ4n) is 3.80. The summed E-state index contributed by atoms with van der Waals surface area (Å²) in [6.45, 7) is 5.77. The second kappa shape index (κ2) is 7.99. The average Bonchev–Trinajstić information content (AvgIpc) is 2.77. The summed E-state index contributed by atoms with van der Waals surface area (Å²) in [6.07, 6.45) is 0.834. The maximum Gasteiger partial charge on any atom is 0.196 e. The summed E-state index contributed by atoms with van der Waals surface area (Å²) >= 11 is 0. The van der Waals surface area contributed by atoms with Crippen LogP contribution in [0.25, 0.3) is 22.3 Å². The van der Waals surface area contributed by atoms with Crippen LogP contribution in [0, 0.1) is 13.8 Å². The van der Waals surface area contributed by atoms with Crippen LogP contribution in [-0.2, 0) is 0 Å². The molecule has 4 heteroatoms. The van der Waals surface area contributed by atoms with Gasteiger partial charge >= 0.3 is 0 Å². The molecule has 1 aromatic heterocycles. The number of nitrogens with one attached hydrogen (secondary N) is 1. The Hall–Kier alpha value is -3.66. The number of anilines is 1. The van der Waals surface area contributed by atoms with E-state index in [-0.39, 0.29) is 11.5 Å². The Kier molecular flexibility index (Phi) is 5.23. The molecule has 0 aliphatic rings. The minimum absolute atomic E-state index is 0.0273. The van der Waals surface area contributed by atoms with Crippen LogP contribution in [0.2, 0.25) is 0 Å². The monoisotopic (exact) mass is 397 g/mol. The number of rotatable bonds is 5. The van der Waals surface area contributed by atoms with Crippen LogP contribution in [-0.4, -0.2) is 6.29 Å². The molecule has 1 atom stereocenters. The molecule has 4 nitrogen and oxygen atoms in total. The smallest absolute Gasteiger partial charge is 0.196 e. The molecule has 0 radical (unpaired) electrons. The van der Waals surface area contributed by atoms with E-state index in [1.807, 2.05) is 74.5 Å². The van der Waals surface area contributed by atoms with Crippen molar-refractivity contribution in [2.45, 2.75) is 26.8 Å². The van der Waals surface area contributed by atoms with Gasteiger partial charge in [-0.25, -0.2) is 0 Å². The van der Waals surface area contributed by atoms with Gasteiger partial charge in [0.1, 0.15) is 11.3 Å². The van der Waals surface area contributed by atoms with E-state index in [2.05, 4.69) is 5.32 Å². The van der Waals surface area contributed by atoms with Gasteiger partial charge < -0.3 is 9.73 Å². The lowest BCUT2D eigenvalue weighted by Crippen LogP contribution is -2.13. The van der Waals surface area contributed by atoms with E-state index >= 15 is 0 Å². The molecule has 1 N–H and O–H groups in total. The largest absolute Gasteiger partial charge is 0.455 e. The van der Waals surface area contributed by atoms with Gasteiger partial charge in [0.15, 0.2) is 11.7 Å². The quantitative estimate of drug-likeness (QED) is 0.416. The molecule has 3 aromatic carbocycles. The van der Waals surface area contributed by atoms with Gasteiger partial charge in [-0.1, -0.05) is 48.5 Å². The Morgan fingerprint density at radius 1 is 0.967 bits per heavy atom. The third-order valence-corrected chi connectivity index (χ3v) is 5.35. The summed E-state index contributed by atoms with van der Waals surface area (Å²) in [5, 5.41) is 3.97. The Bertz CT molecular complexity index is 1290. The molecule has 0 aliphatic carbocycles. The summed E-state index contributed by atoms with van der Waals surface area (Å²) in [5.41, 5.74) is 5.19. The van der Waals surface area contributed by atoms with E-state index in [1.54, 1.807) is 13.0 Å². The van der Waals surface area contributed by atoms with Crippen molar-refractivity contribution in [3.8, 4) is 11.3 Å². The molecule has 30 heavy (non-hydrogen) atoms. The van der Waals surface area contributed by atoms with E-state index in [1.165, 1.54) is 0 Å². The van der Waals surface area contributed by atoms with Crippen molar-refractivity contribution in [1.82, 2.24) is 0 Å². The number of carbonyl (C=O) groups is 1. The molecule has 0 fully saturated rings. The standard InChI is InChI=1S/C26H23NO3/c1-16-13-21(18(3)27-23-12-8-7-11-20(23)15-28)26-22(14-16)24(29)17(2)25(30-26)19-9-5-4-6-10-19/h4-15,18,27H,1-3H3. The third kappa shape index (κ3) is 3.52. The SMILES string of the molecule is Cc1cc(C(C)Nc2ccccc2C=O)c2oc(-c3ccccc3)c(C)c(=O)c2c1. The van der Waals surface area contributed by atoms with Gasteiger partial charge in [-0.15, -0.1) is 0 Å². The first-order valence-corrected chi connectivity index (χ1v) is 9.93. The Morgan fingerprint density at radius 3 is 2.40 bits per heavy atom. The molecule has 0 spiro atoms. The van der Waals surface area contributed by atoms with Crippen LogP contribution in [0.1, 0.15) is 40.0 Å². The van der Waals surface area contributed by atoms with E-state index in [9.17, 15) is 9.59 Å². The first-order valence-electron chi connectivity index (χ1n) is 9.93. The molecular formula is C26H23NO3. The molecule has 150 valence electrons. The molecule has 1 unspecified atom stereocenters. The zero-order chi connectivity index (χ0) is 21.3. The highest BCUT2D eigenvalue weighted by atomic mass is 16.3. The highest BCUT2D eigenvalue weighted by Crippen LogP contribution is 2.32. The van der Waals surface area contributed by atoms with Crippen molar-refractivity contribution in [3.05, 3.63) is 99.2 Å². The second-order valence-electron chi connectivity index (χ2n) is 7.55. The maximum atomic E-state index is 13.2. The van der Waals surface area contributed by atoms with Crippen molar-refractivity contribution < 1.29 is 9.21 Å². The zero-order valence-corrected chi connectivity index (χ0v) is 17.2. The molecule has 1 heterocycles. The molecular weight excluding hydrogens is 374 g/mol. The van der Waals surface area contributed by atoms with Crippen molar-refractivity contribution in [3.63, 3.8) is 0 Å². The molecule has 4 aromatic rings. The van der Waals surface area contributed by atoms with Gasteiger partial charge in [0.25, 0.3) is 0 Å². The minimum atomic E-state index is -0.178. The number of hydrogen-bond donors (Lipinski definition) is 1. The van der Waals surface area contributed by atoms with Gasteiger partial charge in [0.2, 0.25) is 0 Å². The Balaban J connectivity index is 1.90. The van der Waals surface area contributed by atoms with E-state index in [0.29, 0.717) is 27.9 Å². The van der Waals surface area contributed by atoms with Crippen LogP contribution in [0.15, 0.2) is 75.9 Å². The second-order valence-corrected chi connectivity index (χ2v) is 7.55. The summed E-state index contributed by atoms with van der Waals surface area (Å²) in [5.74, 6) is 0.582. The molecule has 0 saturated carbocycles. The first kappa shape index (κ1) is 19.6. The molecule has 0 aliphatic heterocycles. The molecule has 0 saturated heterocycles. The average molecular weight is 397 g/mol. The highest BCUT2D eigenvalue weighted by Gasteiger charge is 2.19. The van der Waals surface area contributed by atoms with Gasteiger partial charge in [-0.3, -0.25) is 9.59 Å². The normalized spacial score (nSPS) is 12.0. The lowest BCUT2D eigenvalue weighted by molar-refractivity contribution is 0.112. The van der Waals surface area contributed by atoms with Crippen LogP contribution in [0.3, 0.4) is 0 Å². The Labute approximate surface area is 175 Å². The summed E-state index contributed by atoms with van der Waals surface area (Å²) in [7, 11) is 0. The molecule has 0 amide bonds. The van der Waals surface area contributed by atoms with Gasteiger partial charge in [0.05, 0.1) is 11.4 Å². The molecule has 4 rings (SSSR count). The van der Waals surface area contributed by atoms with Crippen LogP contribution in [0.5, 0.6) is 0 Å². The number of aldehydes is 1. The minimum Gasteiger partial charge on any atom is -0.455 e. The Morgan fingerprint density at radius 2 is 1.67 bits per heavy atom. The summed E-state index contributed by atoms with van der Waals surface area (Å²) in [6, 6.07) is 20.7. The number of hydrogen-bond acceptors (Lipinski definition) is 4. The lowest BCUT2D eigenvalue weighted by atomic mass is 9.98. The van der Waals surface area contributed by atoms with E-state index < -0.39 is 0 Å². The van der Waals surface area contributed by atoms with E-state index in [0.717, 1.165) is 28.7 Å². The number of fused-ring (bicyclic) bond motifs is 1. The molecule has 0 bridgehead atoms. The van der Waals surface area contributed by atoms with Crippen LogP contribution >= 0.6 is 0 Å². The fraction of sp³-hybridized carbons (Fsp3) is 0.154. The summed E-state index contributed by atoms with van der Waals surface area (Å²) in [4.78, 5) is 24.6. The van der Waals surface area contributed by atoms with Crippen molar-refractivity contribution in [2.75, 3.05) is 5.32 Å². The predicted octanol–water partition coefficient (Wildman–Crippen LogP) is 6.06. The topological polar surface area (TPSA) is 59.3 Å². The highest BCUT2D eigenvalue weighted by molar-refractivity contribution is 5.86. The fourth-order valence-corrected chi connectivity index (χ4v) is 3.80. The maximum absolute atomic E-state index is 13.2. The number of para-hydroxylation sites is 1. The number of carbonyl (C=O) groups excluding carboxylic acids is 1. The summed E-state index contributed by atoms with van der Waals surface area (Å²) < 4.78 is 6.35. The lowest BCUT2D eigenvalue weighted by Gasteiger charge is -2.19. The number of benzene rings is 3. The van der Waals surface area contributed by atoms with Crippen LogP contribution < -0.4 is 10.7 Å². The van der Waals surface area contributed by atoms with Gasteiger partial charge in [-0.05, 0) is 44.5 Å². The zero-order valence-electron chi connectivity index (χ0n) is 17.2. The predicted molar refractivity (Wildman–Crippen MR) is 121 cm³/mol. The van der Waals surface area contributed by atoms with Crippen LogP contribution in [0.4, 0.5) is 5.69 Å². The van der Waals surface area contributed by atoms with Gasteiger partial charge in [0, 0.05) is 27.9 Å². The van der Waals surface area contributed by atoms with Crippen molar-refractivity contribution in [2.24, 2.45) is 0 Å².